The van der Waals surface area contributed by atoms with E-state index in [9.17, 15) is 5.11 Å². The molecule has 0 amide bonds. The lowest BCUT2D eigenvalue weighted by atomic mass is 9.96. The van der Waals surface area contributed by atoms with E-state index in [2.05, 4.69) is 25.5 Å². The van der Waals surface area contributed by atoms with Crippen LogP contribution in [-0.2, 0) is 13.0 Å². The number of hydrogen-bond donors (Lipinski definition) is 1. The topological polar surface area (TPSA) is 54.2 Å². The van der Waals surface area contributed by atoms with Crippen LogP contribution in [0.5, 0.6) is 0 Å². The van der Waals surface area contributed by atoms with Crippen molar-refractivity contribution in [2.45, 2.75) is 45.4 Å². The molecule has 1 fully saturated rings. The molecule has 3 aromatic heterocycles. The van der Waals surface area contributed by atoms with Crippen molar-refractivity contribution in [3.8, 4) is 0 Å². The summed E-state index contributed by atoms with van der Waals surface area (Å²) < 4.78 is 2.26. The highest BCUT2D eigenvalue weighted by Crippen LogP contribution is 2.42. The van der Waals surface area contributed by atoms with Gasteiger partial charge in [0.25, 0.3) is 0 Å². The van der Waals surface area contributed by atoms with Crippen LogP contribution in [0.25, 0.3) is 11.0 Å². The molecule has 5 heteroatoms. The van der Waals surface area contributed by atoms with Crippen LogP contribution in [-0.4, -0.2) is 37.6 Å². The van der Waals surface area contributed by atoms with Gasteiger partial charge in [0.05, 0.1) is 12.6 Å². The lowest BCUT2D eigenvalue weighted by Gasteiger charge is -2.31. The Hall–Kier alpha value is -2.24. The summed E-state index contributed by atoms with van der Waals surface area (Å²) >= 11 is 0. The van der Waals surface area contributed by atoms with Crippen LogP contribution in [0.4, 0.5) is 0 Å². The number of aromatic nitrogens is 3. The van der Waals surface area contributed by atoms with Gasteiger partial charge in [-0.05, 0) is 54.8 Å². The summed E-state index contributed by atoms with van der Waals surface area (Å²) in [7, 11) is 0. The molecule has 0 bridgehead atoms. The fourth-order valence-electron chi connectivity index (χ4n) is 4.62. The van der Waals surface area contributed by atoms with Crippen LogP contribution in [0.2, 0.25) is 0 Å². The molecule has 136 valence electrons. The minimum absolute atomic E-state index is 0. The van der Waals surface area contributed by atoms with E-state index in [0.29, 0.717) is 12.6 Å². The van der Waals surface area contributed by atoms with Gasteiger partial charge in [-0.2, -0.15) is 0 Å². The molecule has 0 saturated carbocycles. The molecule has 5 nitrogen and oxygen atoms in total. The van der Waals surface area contributed by atoms with E-state index in [0.717, 1.165) is 24.2 Å². The molecule has 1 N–H and O–H groups in total. The molecular weight excluding hydrogens is 324 g/mol. The minimum atomic E-state index is -0.550. The number of pyridine rings is 2. The maximum absolute atomic E-state index is 10.8. The lowest BCUT2D eigenvalue weighted by Crippen LogP contribution is -2.31. The van der Waals surface area contributed by atoms with Crippen LogP contribution in [0.15, 0.2) is 42.9 Å². The lowest BCUT2D eigenvalue weighted by molar-refractivity contribution is 0.155. The molecule has 2 aliphatic heterocycles. The Morgan fingerprint density at radius 1 is 1.15 bits per heavy atom. The van der Waals surface area contributed by atoms with Gasteiger partial charge >= 0.3 is 0 Å². The molecule has 2 unspecified atom stereocenters. The average Bonchev–Trinajstić information content (AvgIpc) is 3.25. The summed E-state index contributed by atoms with van der Waals surface area (Å²) in [6.07, 6.45) is 8.31. The van der Waals surface area contributed by atoms with Gasteiger partial charge in [-0.1, -0.05) is 7.43 Å². The second kappa shape index (κ2) is 6.82. The molecule has 0 radical (unpaired) electrons. The number of aliphatic hydroxyl groups excluding tert-OH is 1. The monoisotopic (exact) mass is 350 g/mol. The Kier molecular flexibility index (Phi) is 4.51. The quantitative estimate of drug-likeness (QED) is 0.785. The first-order chi connectivity index (χ1) is 12.3. The van der Waals surface area contributed by atoms with Crippen LogP contribution < -0.4 is 0 Å². The van der Waals surface area contributed by atoms with Gasteiger partial charge in [0.2, 0.25) is 0 Å². The van der Waals surface area contributed by atoms with E-state index in [1.807, 2.05) is 24.4 Å². The number of hydrogen-bond acceptors (Lipinski definition) is 4. The van der Waals surface area contributed by atoms with Crippen LogP contribution >= 0.6 is 0 Å². The van der Waals surface area contributed by atoms with Gasteiger partial charge in [0.1, 0.15) is 5.65 Å². The van der Waals surface area contributed by atoms with E-state index in [1.165, 1.54) is 36.0 Å². The van der Waals surface area contributed by atoms with Crippen molar-refractivity contribution < 1.29 is 5.11 Å². The van der Waals surface area contributed by atoms with Crippen molar-refractivity contribution in [3.63, 3.8) is 0 Å². The summed E-state index contributed by atoms with van der Waals surface area (Å²) in [6, 6.07) is 8.51. The number of aliphatic hydroxyl groups is 1. The van der Waals surface area contributed by atoms with Gasteiger partial charge in [-0.3, -0.25) is 9.88 Å². The standard InChI is InChI=1S/C20H22N4O.CH4/c25-18(14-5-9-21-10-6-14)13-24-17-7-12-23-11-2-4-16(23)19(17)15-3-1-8-22-20(15)24;/h1,3,5-6,8-10,16,18,25H,2,4,7,11-13H2;1H4. The third kappa shape index (κ3) is 2.63. The predicted molar refractivity (Wildman–Crippen MR) is 103 cm³/mol. The first kappa shape index (κ1) is 17.2. The molecule has 2 aliphatic rings. The Labute approximate surface area is 154 Å². The van der Waals surface area contributed by atoms with Crippen LogP contribution in [0.3, 0.4) is 0 Å². The van der Waals surface area contributed by atoms with E-state index in [1.54, 1.807) is 12.4 Å². The maximum Gasteiger partial charge on any atom is 0.140 e. The third-order valence-corrected chi connectivity index (χ3v) is 5.75. The van der Waals surface area contributed by atoms with E-state index >= 15 is 0 Å². The molecule has 0 aliphatic carbocycles. The smallest absolute Gasteiger partial charge is 0.140 e. The summed E-state index contributed by atoms with van der Waals surface area (Å²) in [5, 5.41) is 12.0. The highest BCUT2D eigenvalue weighted by Gasteiger charge is 2.35. The van der Waals surface area contributed by atoms with Crippen LogP contribution in [0.1, 0.15) is 49.2 Å². The Morgan fingerprint density at radius 3 is 2.85 bits per heavy atom. The number of rotatable bonds is 3. The summed E-state index contributed by atoms with van der Waals surface area (Å²) in [6.45, 7) is 2.86. The Balaban J connectivity index is 0.00000168. The second-order valence-electron chi connectivity index (χ2n) is 7.09. The van der Waals surface area contributed by atoms with Gasteiger partial charge in [-0.25, -0.2) is 4.98 Å². The number of fused-ring (bicyclic) bond motifs is 5. The summed E-state index contributed by atoms with van der Waals surface area (Å²) in [4.78, 5) is 11.3. The molecule has 1 saturated heterocycles. The normalized spacial score (nSPS) is 20.4. The first-order valence-corrected chi connectivity index (χ1v) is 9.11. The van der Waals surface area contributed by atoms with Gasteiger partial charge in [0.15, 0.2) is 0 Å². The highest BCUT2D eigenvalue weighted by atomic mass is 16.3. The van der Waals surface area contributed by atoms with Crippen molar-refractivity contribution in [1.29, 1.82) is 0 Å². The molecule has 5 heterocycles. The zero-order valence-electron chi connectivity index (χ0n) is 14.2. The van der Waals surface area contributed by atoms with Crippen molar-refractivity contribution in [3.05, 3.63) is 59.7 Å². The SMILES string of the molecule is C.OC(Cn1c2c(c3cccnc31)C1CCCN1CC2)c1ccncc1. The Bertz CT molecular complexity index is 905. The van der Waals surface area contributed by atoms with Crippen molar-refractivity contribution in [2.24, 2.45) is 0 Å². The molecule has 0 aromatic carbocycles. The highest BCUT2D eigenvalue weighted by molar-refractivity contribution is 5.83. The average molecular weight is 350 g/mol. The fraction of sp³-hybridized carbons (Fsp3) is 0.429. The zero-order valence-corrected chi connectivity index (χ0v) is 14.2. The van der Waals surface area contributed by atoms with E-state index < -0.39 is 6.10 Å². The Morgan fingerprint density at radius 2 is 2.00 bits per heavy atom. The van der Waals surface area contributed by atoms with Gasteiger partial charge < -0.3 is 9.67 Å². The molecule has 0 spiro atoms. The molecule has 2 atom stereocenters. The molecule has 5 rings (SSSR count). The van der Waals surface area contributed by atoms with Gasteiger partial charge in [0, 0.05) is 48.7 Å². The predicted octanol–water partition coefficient (Wildman–Crippen LogP) is 3.49. The summed E-state index contributed by atoms with van der Waals surface area (Å²) in [5.74, 6) is 0. The van der Waals surface area contributed by atoms with Crippen molar-refractivity contribution >= 4 is 11.0 Å². The van der Waals surface area contributed by atoms with E-state index in [4.69, 9.17) is 0 Å². The van der Waals surface area contributed by atoms with Crippen LogP contribution in [0, 0.1) is 0 Å². The maximum atomic E-state index is 10.8. The largest absolute Gasteiger partial charge is 0.387 e. The fourth-order valence-corrected chi connectivity index (χ4v) is 4.62. The summed E-state index contributed by atoms with van der Waals surface area (Å²) in [5.41, 5.74) is 4.73. The second-order valence-corrected chi connectivity index (χ2v) is 7.09. The van der Waals surface area contributed by atoms with Crippen molar-refractivity contribution in [1.82, 2.24) is 19.4 Å². The third-order valence-electron chi connectivity index (χ3n) is 5.75. The van der Waals surface area contributed by atoms with Gasteiger partial charge in [-0.15, -0.1) is 0 Å². The minimum Gasteiger partial charge on any atom is -0.387 e. The molecule has 26 heavy (non-hydrogen) atoms. The number of nitrogens with zero attached hydrogens (tertiary/aromatic N) is 4. The first-order valence-electron chi connectivity index (χ1n) is 9.11. The van der Waals surface area contributed by atoms with Crippen molar-refractivity contribution in [2.75, 3.05) is 13.1 Å². The zero-order chi connectivity index (χ0) is 16.8. The molecular formula is C21H26N4O. The van der Waals surface area contributed by atoms with E-state index in [-0.39, 0.29) is 7.43 Å². The molecule has 3 aromatic rings.